The number of anilines is 1. The zero-order chi connectivity index (χ0) is 36.3. The maximum Gasteiger partial charge on any atom is 0.406 e. The molecule has 52 heavy (non-hydrogen) atoms. The van der Waals surface area contributed by atoms with Crippen LogP contribution in [-0.4, -0.2) is 85.0 Å². The van der Waals surface area contributed by atoms with Crippen molar-refractivity contribution in [2.45, 2.75) is 43.8 Å². The van der Waals surface area contributed by atoms with Crippen LogP contribution in [0.25, 0.3) is 11.1 Å². The number of hydrogen-bond donors (Lipinski definition) is 0. The molecule has 1 fully saturated rings. The SMILES string of the molecule is C=CCN(CC(F)(F)F)C(=O)C1(CCCCN2CCN(c3ccc4c(c3)C(=O)N(Cc3ccccc3)CC4)CC2)c2ccccc2-c2ccccc21. The van der Waals surface area contributed by atoms with Gasteiger partial charge in [-0.1, -0.05) is 97.4 Å². The molecule has 7 rings (SSSR count). The van der Waals surface area contributed by atoms with Crippen LogP contribution in [0.1, 0.15) is 51.9 Å². The maximum absolute atomic E-state index is 14.5. The quantitative estimate of drug-likeness (QED) is 0.112. The summed E-state index contributed by atoms with van der Waals surface area (Å²) in [5.41, 5.74) is 6.24. The van der Waals surface area contributed by atoms with E-state index in [4.69, 9.17) is 0 Å². The molecule has 270 valence electrons. The maximum atomic E-state index is 14.5. The minimum Gasteiger partial charge on any atom is -0.369 e. The molecule has 2 aliphatic heterocycles. The molecule has 2 amide bonds. The second-order valence-corrected chi connectivity index (χ2v) is 14.2. The van der Waals surface area contributed by atoms with Crippen LogP contribution in [0.2, 0.25) is 0 Å². The first-order valence-corrected chi connectivity index (χ1v) is 18.3. The summed E-state index contributed by atoms with van der Waals surface area (Å²) in [7, 11) is 0. The van der Waals surface area contributed by atoms with E-state index in [0.717, 1.165) is 95.1 Å². The van der Waals surface area contributed by atoms with Gasteiger partial charge in [-0.3, -0.25) is 14.5 Å². The van der Waals surface area contributed by atoms with Gasteiger partial charge in [0.1, 0.15) is 12.0 Å². The van der Waals surface area contributed by atoms with Gasteiger partial charge in [-0.25, -0.2) is 0 Å². The Morgan fingerprint density at radius 1 is 0.808 bits per heavy atom. The third-order valence-electron chi connectivity index (χ3n) is 10.9. The van der Waals surface area contributed by atoms with E-state index in [-0.39, 0.29) is 12.5 Å². The Morgan fingerprint density at radius 2 is 1.46 bits per heavy atom. The number of amides is 2. The van der Waals surface area contributed by atoms with Crippen LogP contribution >= 0.6 is 0 Å². The lowest BCUT2D eigenvalue weighted by molar-refractivity contribution is -0.163. The number of unbranched alkanes of at least 4 members (excludes halogenated alkanes) is 1. The minimum absolute atomic E-state index is 0.0837. The summed E-state index contributed by atoms with van der Waals surface area (Å²) in [4.78, 5) is 35.6. The monoisotopic (exact) mass is 706 g/mol. The first kappa shape index (κ1) is 35.5. The standard InChI is InChI=1S/C43H45F3N4O2/c1-2-22-50(31-43(44,45)46)41(52)42(38-16-8-6-14-35(38)36-15-7-9-17-39(36)42)21-10-11-23-47-25-27-48(28-26-47)34-19-18-33-20-24-49(40(51)37(33)29-34)30-32-12-4-3-5-13-32/h2-9,12-19,29H,1,10-11,20-28,30-31H2. The molecule has 0 saturated carbocycles. The number of hydrogen-bond acceptors (Lipinski definition) is 4. The van der Waals surface area contributed by atoms with Crippen molar-refractivity contribution in [2.75, 3.05) is 57.3 Å². The van der Waals surface area contributed by atoms with Gasteiger partial charge in [0, 0.05) is 57.1 Å². The zero-order valence-corrected chi connectivity index (χ0v) is 29.5. The molecule has 4 aromatic rings. The van der Waals surface area contributed by atoms with Gasteiger partial charge in [-0.15, -0.1) is 6.58 Å². The van der Waals surface area contributed by atoms with Crippen molar-refractivity contribution in [1.82, 2.24) is 14.7 Å². The Labute approximate surface area is 304 Å². The molecule has 1 aliphatic carbocycles. The molecule has 0 aromatic heterocycles. The van der Waals surface area contributed by atoms with Gasteiger partial charge < -0.3 is 14.7 Å². The molecular weight excluding hydrogens is 661 g/mol. The second-order valence-electron chi connectivity index (χ2n) is 14.2. The van der Waals surface area contributed by atoms with E-state index in [2.05, 4.69) is 46.7 Å². The van der Waals surface area contributed by atoms with Crippen LogP contribution in [0.3, 0.4) is 0 Å². The Balaban J connectivity index is 1.00. The average Bonchev–Trinajstić information content (AvgIpc) is 3.44. The number of carbonyl (C=O) groups is 2. The van der Waals surface area contributed by atoms with Crippen LogP contribution in [-0.2, 0) is 23.2 Å². The van der Waals surface area contributed by atoms with Gasteiger partial charge in [0.2, 0.25) is 5.91 Å². The van der Waals surface area contributed by atoms with Crippen molar-refractivity contribution < 1.29 is 22.8 Å². The van der Waals surface area contributed by atoms with E-state index in [1.807, 2.05) is 71.6 Å². The fourth-order valence-electron chi connectivity index (χ4n) is 8.41. The largest absolute Gasteiger partial charge is 0.406 e. The van der Waals surface area contributed by atoms with Crippen molar-refractivity contribution in [3.05, 3.63) is 138 Å². The lowest BCUT2D eigenvalue weighted by atomic mass is 9.73. The number of piperazine rings is 1. The first-order chi connectivity index (χ1) is 25.2. The van der Waals surface area contributed by atoms with Crippen molar-refractivity contribution in [1.29, 1.82) is 0 Å². The number of benzene rings is 4. The highest BCUT2D eigenvalue weighted by molar-refractivity contribution is 6.01. The second kappa shape index (κ2) is 15.0. The van der Waals surface area contributed by atoms with E-state index in [0.29, 0.717) is 25.9 Å². The van der Waals surface area contributed by atoms with Crippen LogP contribution in [0.4, 0.5) is 18.9 Å². The molecule has 0 N–H and O–H groups in total. The molecule has 4 aromatic carbocycles. The zero-order valence-electron chi connectivity index (χ0n) is 29.5. The van der Waals surface area contributed by atoms with E-state index < -0.39 is 24.0 Å². The first-order valence-electron chi connectivity index (χ1n) is 18.3. The molecule has 9 heteroatoms. The molecule has 0 radical (unpaired) electrons. The van der Waals surface area contributed by atoms with Crippen molar-refractivity contribution >= 4 is 17.5 Å². The van der Waals surface area contributed by atoms with Crippen LogP contribution < -0.4 is 4.90 Å². The van der Waals surface area contributed by atoms with E-state index in [1.54, 1.807) is 0 Å². The van der Waals surface area contributed by atoms with Crippen molar-refractivity contribution in [3.8, 4) is 11.1 Å². The molecule has 1 saturated heterocycles. The van der Waals surface area contributed by atoms with Gasteiger partial charge >= 0.3 is 6.18 Å². The Morgan fingerprint density at radius 3 is 2.12 bits per heavy atom. The van der Waals surface area contributed by atoms with Gasteiger partial charge in [-0.05, 0) is 71.3 Å². The molecule has 6 nitrogen and oxygen atoms in total. The number of halogens is 3. The number of rotatable bonds is 12. The van der Waals surface area contributed by atoms with Gasteiger partial charge in [0.05, 0.1) is 0 Å². The topological polar surface area (TPSA) is 47.1 Å². The fourth-order valence-corrected chi connectivity index (χ4v) is 8.41. The van der Waals surface area contributed by atoms with Crippen molar-refractivity contribution in [2.24, 2.45) is 0 Å². The van der Waals surface area contributed by atoms with Gasteiger partial charge in [-0.2, -0.15) is 13.2 Å². The molecule has 2 heterocycles. The molecule has 0 bridgehead atoms. The van der Waals surface area contributed by atoms with Gasteiger partial charge in [0.15, 0.2) is 0 Å². The highest BCUT2D eigenvalue weighted by atomic mass is 19.4. The summed E-state index contributed by atoms with van der Waals surface area (Å²) >= 11 is 0. The third-order valence-corrected chi connectivity index (χ3v) is 10.9. The summed E-state index contributed by atoms with van der Waals surface area (Å²) in [6.07, 6.45) is -0.417. The Kier molecular flexibility index (Phi) is 10.2. The van der Waals surface area contributed by atoms with Gasteiger partial charge in [0.25, 0.3) is 5.91 Å². The third kappa shape index (κ3) is 7.11. The summed E-state index contributed by atoms with van der Waals surface area (Å²) in [5, 5.41) is 0. The molecule has 3 aliphatic rings. The Bertz CT molecular complexity index is 1870. The summed E-state index contributed by atoms with van der Waals surface area (Å²) in [6.45, 7) is 7.69. The number of nitrogens with zero attached hydrogens (tertiary/aromatic N) is 4. The summed E-state index contributed by atoms with van der Waals surface area (Å²) in [6, 6.07) is 31.7. The van der Waals surface area contributed by atoms with Crippen LogP contribution in [0, 0.1) is 0 Å². The van der Waals surface area contributed by atoms with Crippen LogP contribution in [0.15, 0.2) is 110 Å². The van der Waals surface area contributed by atoms with E-state index in [1.165, 1.54) is 6.08 Å². The average molecular weight is 707 g/mol. The lowest BCUT2D eigenvalue weighted by Crippen LogP contribution is -2.50. The highest BCUT2D eigenvalue weighted by Gasteiger charge is 2.51. The number of fused-ring (bicyclic) bond motifs is 4. The highest BCUT2D eigenvalue weighted by Crippen LogP contribution is 2.52. The van der Waals surface area contributed by atoms with E-state index in [9.17, 15) is 22.8 Å². The normalized spacial score (nSPS) is 16.6. The molecular formula is C43H45F3N4O2. The Hall–Kier alpha value is -4.89. The number of carbonyl (C=O) groups excluding carboxylic acids is 2. The predicted molar refractivity (Wildman–Crippen MR) is 199 cm³/mol. The molecule has 0 atom stereocenters. The summed E-state index contributed by atoms with van der Waals surface area (Å²) in [5.74, 6) is -0.442. The van der Waals surface area contributed by atoms with Crippen LogP contribution in [0.5, 0.6) is 0 Å². The minimum atomic E-state index is -4.53. The van der Waals surface area contributed by atoms with E-state index >= 15 is 0 Å². The molecule has 0 spiro atoms. The van der Waals surface area contributed by atoms with Crippen molar-refractivity contribution in [3.63, 3.8) is 0 Å². The number of alkyl halides is 3. The molecule has 0 unspecified atom stereocenters. The predicted octanol–water partition coefficient (Wildman–Crippen LogP) is 7.72. The fraction of sp³-hybridized carbons (Fsp3) is 0.349. The smallest absolute Gasteiger partial charge is 0.369 e. The lowest BCUT2D eigenvalue weighted by Gasteiger charge is -2.38. The summed E-state index contributed by atoms with van der Waals surface area (Å²) < 4.78 is 41.3.